The van der Waals surface area contributed by atoms with Gasteiger partial charge >= 0.3 is 10.8 Å². The minimum absolute atomic E-state index is 0.316. The highest BCUT2D eigenvalue weighted by molar-refractivity contribution is 9.10. The maximum Gasteiger partial charge on any atom is 0.363 e. The van der Waals surface area contributed by atoms with Gasteiger partial charge in [0, 0.05) is 6.42 Å². The Kier molecular flexibility index (Phi) is 5.02. The highest BCUT2D eigenvalue weighted by atomic mass is 79.9. The first-order valence-electron chi connectivity index (χ1n) is 6.19. The predicted molar refractivity (Wildman–Crippen MR) is 66.1 cm³/mol. The Bertz CT molecular complexity index is 411. The summed E-state index contributed by atoms with van der Waals surface area (Å²) < 4.78 is 62.5. The second kappa shape index (κ2) is 5.66. The molecule has 0 bridgehead atoms. The molecule has 21 heavy (non-hydrogen) atoms. The molecule has 1 aliphatic rings. The van der Waals surface area contributed by atoms with Crippen LogP contribution in [-0.4, -0.2) is 35.2 Å². The van der Waals surface area contributed by atoms with Crippen molar-refractivity contribution in [1.82, 2.24) is 0 Å². The number of rotatable bonds is 5. The van der Waals surface area contributed by atoms with Gasteiger partial charge in [0.05, 0.1) is 24.1 Å². The third-order valence-electron chi connectivity index (χ3n) is 3.46. The summed E-state index contributed by atoms with van der Waals surface area (Å²) in [5.41, 5.74) is -1.69. The Balaban J connectivity index is 2.88. The third kappa shape index (κ3) is 4.07. The van der Waals surface area contributed by atoms with Gasteiger partial charge in [-0.2, -0.15) is 17.6 Å². The zero-order valence-electron chi connectivity index (χ0n) is 11.7. The zero-order valence-corrected chi connectivity index (χ0v) is 13.3. The van der Waals surface area contributed by atoms with Crippen molar-refractivity contribution in [2.24, 2.45) is 5.41 Å². The first-order valence-corrected chi connectivity index (χ1v) is 6.98. The molecule has 0 N–H and O–H groups in total. The molecule has 2 unspecified atom stereocenters. The van der Waals surface area contributed by atoms with E-state index in [-0.39, 0.29) is 6.61 Å². The molecule has 1 rings (SSSR count). The topological polar surface area (TPSA) is 58.6 Å². The van der Waals surface area contributed by atoms with Gasteiger partial charge in [-0.15, -0.1) is 0 Å². The average Bonchev–Trinajstić information content (AvgIpc) is 2.29. The number of carbonyl (C=O) groups excluding carboxylic acids is 1. The zero-order chi connectivity index (χ0) is 16.7. The standard InChI is InChI=1S/C12H17BrF4O4/c1-9(2)20-6-10(3,8(18)19)7(21-9)4-5-11(14,15)12(13,16)17/h7H,4-6H2,1-3H3,(H,18,19)/p-1. The molecule has 0 radical (unpaired) electrons. The smallest absolute Gasteiger partial charge is 0.363 e. The van der Waals surface area contributed by atoms with Crippen molar-refractivity contribution >= 4 is 21.9 Å². The van der Waals surface area contributed by atoms with Crippen LogP contribution in [0.4, 0.5) is 17.6 Å². The van der Waals surface area contributed by atoms with E-state index in [0.717, 1.165) is 0 Å². The number of carbonyl (C=O) groups is 1. The van der Waals surface area contributed by atoms with Crippen molar-refractivity contribution in [2.75, 3.05) is 6.61 Å². The number of hydrogen-bond donors (Lipinski definition) is 0. The molecule has 0 aliphatic carbocycles. The number of carboxylic acid groups (broad SMARTS) is 1. The molecule has 0 aromatic carbocycles. The molecule has 0 amide bonds. The van der Waals surface area contributed by atoms with Crippen molar-refractivity contribution in [1.29, 1.82) is 0 Å². The van der Waals surface area contributed by atoms with Crippen molar-refractivity contribution in [3.63, 3.8) is 0 Å². The van der Waals surface area contributed by atoms with E-state index >= 15 is 0 Å². The Morgan fingerprint density at radius 1 is 1.33 bits per heavy atom. The summed E-state index contributed by atoms with van der Waals surface area (Å²) in [5.74, 6) is -7.06. The van der Waals surface area contributed by atoms with Crippen molar-refractivity contribution in [3.05, 3.63) is 0 Å². The summed E-state index contributed by atoms with van der Waals surface area (Å²) in [5, 5.41) is 11.2. The van der Waals surface area contributed by atoms with Crippen molar-refractivity contribution < 1.29 is 36.9 Å². The normalized spacial score (nSPS) is 30.2. The Morgan fingerprint density at radius 3 is 2.29 bits per heavy atom. The molecule has 2 atom stereocenters. The Hall–Kier alpha value is -0.410. The number of ether oxygens (including phenoxy) is 2. The average molecular weight is 380 g/mol. The van der Waals surface area contributed by atoms with E-state index in [1.165, 1.54) is 20.8 Å². The largest absolute Gasteiger partial charge is 0.549 e. The summed E-state index contributed by atoms with van der Waals surface area (Å²) in [7, 11) is 0. The highest BCUT2D eigenvalue weighted by Gasteiger charge is 2.55. The summed E-state index contributed by atoms with van der Waals surface area (Å²) in [6, 6.07) is 0. The van der Waals surface area contributed by atoms with Crippen LogP contribution in [0.15, 0.2) is 0 Å². The van der Waals surface area contributed by atoms with Gasteiger partial charge in [-0.3, -0.25) is 0 Å². The lowest BCUT2D eigenvalue weighted by Crippen LogP contribution is -2.59. The predicted octanol–water partition coefficient (Wildman–Crippen LogP) is 2.30. The minimum Gasteiger partial charge on any atom is -0.549 e. The van der Waals surface area contributed by atoms with E-state index in [0.29, 0.717) is 0 Å². The monoisotopic (exact) mass is 379 g/mol. The van der Waals surface area contributed by atoms with Gasteiger partial charge in [-0.1, -0.05) is 0 Å². The minimum atomic E-state index is -4.38. The van der Waals surface area contributed by atoms with Crippen LogP contribution in [0.5, 0.6) is 0 Å². The number of alkyl halides is 5. The first-order chi connectivity index (χ1) is 9.21. The number of carboxylic acids is 1. The Labute approximate surface area is 127 Å². The molecule has 0 spiro atoms. The molecule has 1 saturated heterocycles. The molecule has 1 heterocycles. The van der Waals surface area contributed by atoms with Gasteiger partial charge in [0.15, 0.2) is 5.79 Å². The molecule has 9 heteroatoms. The Morgan fingerprint density at radius 2 is 1.86 bits per heavy atom. The van der Waals surface area contributed by atoms with Crippen LogP contribution in [0.25, 0.3) is 0 Å². The maximum absolute atomic E-state index is 13.3. The lowest BCUT2D eigenvalue weighted by atomic mass is 9.81. The second-order valence-corrected chi connectivity index (χ2v) is 6.74. The van der Waals surface area contributed by atoms with E-state index < -0.39 is 46.9 Å². The molecule has 0 saturated carbocycles. The van der Waals surface area contributed by atoms with Crippen LogP contribution in [-0.2, 0) is 14.3 Å². The van der Waals surface area contributed by atoms with Crippen LogP contribution >= 0.6 is 15.9 Å². The molecule has 0 aromatic heterocycles. The molecular formula is C12H16BrF4O4-. The van der Waals surface area contributed by atoms with Crippen LogP contribution in [0.1, 0.15) is 33.6 Å². The summed E-state index contributed by atoms with van der Waals surface area (Å²) in [4.78, 5) is 6.83. The van der Waals surface area contributed by atoms with Gasteiger partial charge in [0.1, 0.15) is 0 Å². The van der Waals surface area contributed by atoms with Crippen LogP contribution in [0, 0.1) is 5.41 Å². The quantitative estimate of drug-likeness (QED) is 0.543. The molecular weight excluding hydrogens is 364 g/mol. The number of aliphatic carboxylic acids is 1. The third-order valence-corrected chi connectivity index (χ3v) is 4.04. The summed E-state index contributed by atoms with van der Waals surface area (Å²) in [6.45, 7) is 3.86. The lowest BCUT2D eigenvalue weighted by Gasteiger charge is -2.48. The van der Waals surface area contributed by atoms with E-state index in [9.17, 15) is 27.5 Å². The maximum atomic E-state index is 13.3. The van der Waals surface area contributed by atoms with Crippen LogP contribution in [0.2, 0.25) is 0 Å². The fraction of sp³-hybridized carbons (Fsp3) is 0.917. The van der Waals surface area contributed by atoms with Gasteiger partial charge in [0.2, 0.25) is 0 Å². The van der Waals surface area contributed by atoms with Gasteiger partial charge < -0.3 is 19.4 Å². The van der Waals surface area contributed by atoms with Gasteiger partial charge in [-0.25, -0.2) is 0 Å². The second-order valence-electron chi connectivity index (χ2n) is 5.74. The van der Waals surface area contributed by atoms with Crippen LogP contribution in [0.3, 0.4) is 0 Å². The van der Waals surface area contributed by atoms with E-state index in [1.54, 1.807) is 15.9 Å². The molecule has 1 aliphatic heterocycles. The molecule has 4 nitrogen and oxygen atoms in total. The van der Waals surface area contributed by atoms with Crippen LogP contribution < -0.4 is 5.11 Å². The molecule has 1 fully saturated rings. The van der Waals surface area contributed by atoms with E-state index in [1.807, 2.05) is 0 Å². The number of halogens is 5. The fourth-order valence-corrected chi connectivity index (χ4v) is 2.14. The SMILES string of the molecule is CC1(C)OCC(C)(C(=O)[O-])C(CCC(F)(F)C(F)(F)Br)O1. The van der Waals surface area contributed by atoms with Gasteiger partial charge in [-0.05, 0) is 43.1 Å². The molecule has 124 valence electrons. The fourth-order valence-electron chi connectivity index (χ4n) is 1.95. The highest BCUT2D eigenvalue weighted by Crippen LogP contribution is 2.45. The van der Waals surface area contributed by atoms with Gasteiger partial charge in [0.25, 0.3) is 0 Å². The number of hydrogen-bond acceptors (Lipinski definition) is 4. The van der Waals surface area contributed by atoms with E-state index in [4.69, 9.17) is 9.47 Å². The van der Waals surface area contributed by atoms with Crippen molar-refractivity contribution in [3.8, 4) is 0 Å². The van der Waals surface area contributed by atoms with Crippen molar-refractivity contribution in [2.45, 2.75) is 56.3 Å². The van der Waals surface area contributed by atoms with E-state index in [2.05, 4.69) is 0 Å². The molecule has 0 aromatic rings. The first kappa shape index (κ1) is 18.6. The lowest BCUT2D eigenvalue weighted by molar-refractivity contribution is -0.360. The summed E-state index contributed by atoms with van der Waals surface area (Å²) >= 11 is 1.63. The summed E-state index contributed by atoms with van der Waals surface area (Å²) in [6.07, 6.45) is -3.05.